The summed E-state index contributed by atoms with van der Waals surface area (Å²) in [6, 6.07) is 4.68. The molecule has 1 atom stereocenters. The maximum absolute atomic E-state index is 12.8. The summed E-state index contributed by atoms with van der Waals surface area (Å²) in [5.74, 6) is 0.649. The molecule has 7 nitrogen and oxygen atoms in total. The predicted molar refractivity (Wildman–Crippen MR) is 124 cm³/mol. The van der Waals surface area contributed by atoms with Crippen LogP contribution in [0.5, 0.6) is 0 Å². The Morgan fingerprint density at radius 1 is 1.23 bits per heavy atom. The third kappa shape index (κ3) is 6.14. The summed E-state index contributed by atoms with van der Waals surface area (Å²) in [5.41, 5.74) is 0.345. The van der Waals surface area contributed by atoms with Crippen molar-refractivity contribution >= 4 is 46.8 Å². The Labute approximate surface area is 196 Å². The average Bonchev–Trinajstić information content (AvgIpc) is 3.34. The monoisotopic (exact) mass is 483 g/mol. The number of nitrogens with zero attached hydrogens (tertiary/aromatic N) is 3. The molecule has 0 spiro atoms. The van der Waals surface area contributed by atoms with E-state index in [4.69, 9.17) is 23.2 Å². The first-order chi connectivity index (χ1) is 14.8. The number of carbonyl (C=O) groups is 2. The molecule has 1 aliphatic rings. The van der Waals surface area contributed by atoms with Gasteiger partial charge in [-0.3, -0.25) is 9.59 Å². The second-order valence-corrected chi connectivity index (χ2v) is 9.84. The number of nitrogens with one attached hydrogen (secondary N) is 2. The van der Waals surface area contributed by atoms with Crippen molar-refractivity contribution in [3.05, 3.63) is 39.6 Å². The van der Waals surface area contributed by atoms with E-state index in [-0.39, 0.29) is 34.5 Å². The van der Waals surface area contributed by atoms with Gasteiger partial charge in [-0.25, -0.2) is 0 Å². The third-order valence-corrected chi connectivity index (χ3v) is 6.90. The van der Waals surface area contributed by atoms with Crippen LogP contribution in [0.4, 0.5) is 0 Å². The molecule has 0 aliphatic heterocycles. The average molecular weight is 484 g/mol. The predicted octanol–water partition coefficient (Wildman–Crippen LogP) is 4.40. The number of aromatic nitrogens is 3. The highest BCUT2D eigenvalue weighted by atomic mass is 35.5. The van der Waals surface area contributed by atoms with E-state index < -0.39 is 0 Å². The molecule has 31 heavy (non-hydrogen) atoms. The Bertz CT molecular complexity index is 944. The molecular weight excluding hydrogens is 457 g/mol. The quantitative estimate of drug-likeness (QED) is 0.543. The van der Waals surface area contributed by atoms with E-state index in [0.717, 1.165) is 12.8 Å². The van der Waals surface area contributed by atoms with Crippen LogP contribution in [-0.2, 0) is 11.8 Å². The molecule has 0 saturated heterocycles. The van der Waals surface area contributed by atoms with Crippen LogP contribution in [0.25, 0.3) is 0 Å². The van der Waals surface area contributed by atoms with Crippen LogP contribution in [0.1, 0.15) is 61.8 Å². The highest BCUT2D eigenvalue weighted by Gasteiger charge is 2.26. The van der Waals surface area contributed by atoms with E-state index in [0.29, 0.717) is 27.6 Å². The van der Waals surface area contributed by atoms with Gasteiger partial charge < -0.3 is 15.2 Å². The third-order valence-electron chi connectivity index (χ3n) is 5.33. The number of amides is 2. The van der Waals surface area contributed by atoms with Gasteiger partial charge in [0.05, 0.1) is 22.4 Å². The summed E-state index contributed by atoms with van der Waals surface area (Å²) in [6.45, 7) is 3.98. The van der Waals surface area contributed by atoms with E-state index in [1.807, 2.05) is 25.5 Å². The Kier molecular flexibility index (Phi) is 8.24. The summed E-state index contributed by atoms with van der Waals surface area (Å²) in [4.78, 5) is 25.0. The van der Waals surface area contributed by atoms with Gasteiger partial charge in [0.25, 0.3) is 5.91 Å². The Balaban J connectivity index is 1.66. The molecule has 1 aliphatic carbocycles. The van der Waals surface area contributed by atoms with Gasteiger partial charge in [0, 0.05) is 18.1 Å². The SMILES string of the molecule is CC(C)[C@@H](NC(=O)c1ccc(Cl)cc1Cl)c1nnc(SCC(=O)NC2CCCC2)n1C. The zero-order valence-corrected chi connectivity index (χ0v) is 20.2. The van der Waals surface area contributed by atoms with Crippen LogP contribution >= 0.6 is 35.0 Å². The van der Waals surface area contributed by atoms with Crippen molar-refractivity contribution in [3.8, 4) is 0 Å². The van der Waals surface area contributed by atoms with Crippen molar-refractivity contribution in [2.24, 2.45) is 13.0 Å². The zero-order valence-electron chi connectivity index (χ0n) is 17.8. The van der Waals surface area contributed by atoms with Crippen LogP contribution in [-0.4, -0.2) is 38.4 Å². The molecule has 3 rings (SSSR count). The fourth-order valence-corrected chi connectivity index (χ4v) is 4.84. The molecule has 1 heterocycles. The molecule has 168 valence electrons. The van der Waals surface area contributed by atoms with Crippen molar-refractivity contribution in [3.63, 3.8) is 0 Å². The fraction of sp³-hybridized carbons (Fsp3) is 0.524. The van der Waals surface area contributed by atoms with Gasteiger partial charge in [-0.15, -0.1) is 10.2 Å². The molecule has 0 radical (unpaired) electrons. The van der Waals surface area contributed by atoms with Gasteiger partial charge in [-0.2, -0.15) is 0 Å². The molecule has 10 heteroatoms. The number of carbonyl (C=O) groups excluding carboxylic acids is 2. The molecule has 0 unspecified atom stereocenters. The first kappa shape index (κ1) is 23.9. The second kappa shape index (κ2) is 10.7. The molecular formula is C21H27Cl2N5O2S. The maximum atomic E-state index is 12.8. The molecule has 0 bridgehead atoms. The van der Waals surface area contributed by atoms with Crippen LogP contribution in [0.2, 0.25) is 10.0 Å². The first-order valence-corrected chi connectivity index (χ1v) is 12.1. The van der Waals surface area contributed by atoms with Gasteiger partial charge in [-0.1, -0.05) is 61.7 Å². The molecule has 2 N–H and O–H groups in total. The van der Waals surface area contributed by atoms with E-state index in [1.54, 1.807) is 12.1 Å². The summed E-state index contributed by atoms with van der Waals surface area (Å²) >= 11 is 13.4. The molecule has 2 aromatic rings. The molecule has 1 aromatic heterocycles. The molecule has 1 saturated carbocycles. The zero-order chi connectivity index (χ0) is 22.5. The normalized spacial score (nSPS) is 15.3. The van der Waals surface area contributed by atoms with E-state index in [2.05, 4.69) is 20.8 Å². The van der Waals surface area contributed by atoms with E-state index in [1.165, 1.54) is 30.7 Å². The largest absolute Gasteiger partial charge is 0.353 e. The van der Waals surface area contributed by atoms with Crippen molar-refractivity contribution in [2.45, 2.75) is 56.8 Å². The summed E-state index contributed by atoms with van der Waals surface area (Å²) in [7, 11) is 1.84. The topological polar surface area (TPSA) is 88.9 Å². The van der Waals surface area contributed by atoms with Crippen LogP contribution in [0.3, 0.4) is 0 Å². The minimum Gasteiger partial charge on any atom is -0.353 e. The van der Waals surface area contributed by atoms with Crippen molar-refractivity contribution in [1.29, 1.82) is 0 Å². The summed E-state index contributed by atoms with van der Waals surface area (Å²) in [6.07, 6.45) is 4.46. The van der Waals surface area contributed by atoms with Crippen LogP contribution < -0.4 is 10.6 Å². The number of halogens is 2. The van der Waals surface area contributed by atoms with Gasteiger partial charge in [0.15, 0.2) is 11.0 Å². The number of benzene rings is 1. The minimum absolute atomic E-state index is 0.00698. The Hall–Kier alpha value is -1.77. The lowest BCUT2D eigenvalue weighted by Crippen LogP contribution is -2.34. The number of hydrogen-bond donors (Lipinski definition) is 2. The molecule has 2 amide bonds. The number of thioether (sulfide) groups is 1. The Morgan fingerprint density at radius 3 is 2.58 bits per heavy atom. The van der Waals surface area contributed by atoms with Gasteiger partial charge >= 0.3 is 0 Å². The lowest BCUT2D eigenvalue weighted by molar-refractivity contribution is -0.119. The number of hydrogen-bond acceptors (Lipinski definition) is 5. The highest BCUT2D eigenvalue weighted by molar-refractivity contribution is 7.99. The smallest absolute Gasteiger partial charge is 0.253 e. The van der Waals surface area contributed by atoms with Gasteiger partial charge in [-0.05, 0) is 37.0 Å². The lowest BCUT2D eigenvalue weighted by Gasteiger charge is -2.22. The second-order valence-electron chi connectivity index (χ2n) is 8.06. The van der Waals surface area contributed by atoms with E-state index >= 15 is 0 Å². The minimum atomic E-state index is -0.376. The highest BCUT2D eigenvalue weighted by Crippen LogP contribution is 2.26. The van der Waals surface area contributed by atoms with Crippen LogP contribution in [0, 0.1) is 5.92 Å². The van der Waals surface area contributed by atoms with Crippen molar-refractivity contribution in [1.82, 2.24) is 25.4 Å². The lowest BCUT2D eigenvalue weighted by atomic mass is 10.0. The maximum Gasteiger partial charge on any atom is 0.253 e. The van der Waals surface area contributed by atoms with Crippen molar-refractivity contribution in [2.75, 3.05) is 5.75 Å². The number of rotatable bonds is 8. The fourth-order valence-electron chi connectivity index (χ4n) is 3.61. The van der Waals surface area contributed by atoms with Crippen molar-refractivity contribution < 1.29 is 9.59 Å². The van der Waals surface area contributed by atoms with Gasteiger partial charge in [0.2, 0.25) is 5.91 Å². The van der Waals surface area contributed by atoms with Gasteiger partial charge in [0.1, 0.15) is 0 Å². The standard InChI is InChI=1S/C21H27Cl2N5O2S/c1-12(2)18(25-20(30)15-9-8-13(22)10-16(15)23)19-26-27-21(28(19)3)31-11-17(29)24-14-6-4-5-7-14/h8-10,12,14,18H,4-7,11H2,1-3H3,(H,24,29)(H,25,30)/t18-/m1/s1. The van der Waals surface area contributed by atoms with Crippen LogP contribution in [0.15, 0.2) is 23.4 Å². The summed E-state index contributed by atoms with van der Waals surface area (Å²) < 4.78 is 1.82. The first-order valence-electron chi connectivity index (χ1n) is 10.3. The molecule has 1 aromatic carbocycles. The Morgan fingerprint density at radius 2 is 1.94 bits per heavy atom. The molecule has 1 fully saturated rings. The van der Waals surface area contributed by atoms with E-state index in [9.17, 15) is 9.59 Å². The summed E-state index contributed by atoms with van der Waals surface area (Å²) in [5, 5.41) is 16.0.